The van der Waals surface area contributed by atoms with Gasteiger partial charge in [0.05, 0.1) is 12.6 Å². The first-order valence-corrected chi connectivity index (χ1v) is 7.15. The van der Waals surface area contributed by atoms with Crippen molar-refractivity contribution in [2.24, 2.45) is 0 Å². The molecule has 1 aromatic carbocycles. The predicted octanol–water partition coefficient (Wildman–Crippen LogP) is 2.05. The Morgan fingerprint density at radius 3 is 2.26 bits per heavy atom. The number of aliphatic hydroxyl groups is 1. The van der Waals surface area contributed by atoms with Crippen LogP contribution < -0.4 is 4.74 Å². The summed E-state index contributed by atoms with van der Waals surface area (Å²) in [5, 5.41) is 18.7. The number of ether oxygens (including phenoxy) is 2. The molecule has 0 saturated carbocycles. The van der Waals surface area contributed by atoms with E-state index in [1.165, 1.54) is 4.90 Å². The van der Waals surface area contributed by atoms with E-state index >= 15 is 0 Å². The second-order valence-electron chi connectivity index (χ2n) is 6.13. The lowest BCUT2D eigenvalue weighted by molar-refractivity contribution is -0.139. The largest absolute Gasteiger partial charge is 0.482 e. The molecule has 1 atom stereocenters. The molecule has 0 bridgehead atoms. The second kappa shape index (κ2) is 7.82. The van der Waals surface area contributed by atoms with E-state index in [4.69, 9.17) is 14.6 Å². The molecule has 0 heterocycles. The zero-order chi connectivity index (χ0) is 17.6. The van der Waals surface area contributed by atoms with Crippen molar-refractivity contribution in [3.8, 4) is 5.75 Å². The van der Waals surface area contributed by atoms with E-state index in [0.717, 1.165) is 0 Å². The highest BCUT2D eigenvalue weighted by Crippen LogP contribution is 2.19. The van der Waals surface area contributed by atoms with Crippen LogP contribution in [-0.2, 0) is 9.53 Å². The van der Waals surface area contributed by atoms with E-state index in [-0.39, 0.29) is 6.54 Å². The van der Waals surface area contributed by atoms with Gasteiger partial charge in [0.25, 0.3) is 0 Å². The van der Waals surface area contributed by atoms with Crippen LogP contribution >= 0.6 is 0 Å². The lowest BCUT2D eigenvalue weighted by atomic mass is 10.1. The molecule has 1 rings (SSSR count). The Morgan fingerprint density at radius 2 is 1.78 bits per heavy atom. The Morgan fingerprint density at radius 1 is 1.22 bits per heavy atom. The van der Waals surface area contributed by atoms with Crippen LogP contribution in [-0.4, -0.2) is 53.0 Å². The first kappa shape index (κ1) is 18.8. The topological polar surface area (TPSA) is 96.3 Å². The third-order valence-corrected chi connectivity index (χ3v) is 2.78. The van der Waals surface area contributed by atoms with Gasteiger partial charge in [-0.2, -0.15) is 0 Å². The van der Waals surface area contributed by atoms with Crippen LogP contribution in [0.4, 0.5) is 4.79 Å². The predicted molar refractivity (Wildman–Crippen MR) is 83.4 cm³/mol. The fraction of sp³-hybridized carbons (Fsp3) is 0.500. The fourth-order valence-electron chi connectivity index (χ4n) is 1.71. The van der Waals surface area contributed by atoms with Crippen molar-refractivity contribution in [1.29, 1.82) is 0 Å². The maximum atomic E-state index is 11.8. The monoisotopic (exact) mass is 325 g/mol. The standard InChI is InChI=1S/C16H23NO6/c1-16(2,3)23-15(21)17(4)9-13(18)11-5-7-12(8-6-11)22-10-14(19)20/h5-8,13,18H,9-10H2,1-4H3,(H,19,20). The Kier molecular flexibility index (Phi) is 6.38. The van der Waals surface area contributed by atoms with Crippen molar-refractivity contribution in [2.75, 3.05) is 20.2 Å². The number of carboxylic acid groups (broad SMARTS) is 1. The number of aliphatic hydroxyl groups excluding tert-OH is 1. The SMILES string of the molecule is CN(CC(O)c1ccc(OCC(=O)O)cc1)C(=O)OC(C)(C)C. The summed E-state index contributed by atoms with van der Waals surface area (Å²) in [7, 11) is 1.54. The van der Waals surface area contributed by atoms with Crippen LogP contribution in [0.1, 0.15) is 32.4 Å². The van der Waals surface area contributed by atoms with Crippen LogP contribution in [0.15, 0.2) is 24.3 Å². The van der Waals surface area contributed by atoms with Gasteiger partial charge in [0.15, 0.2) is 6.61 Å². The summed E-state index contributed by atoms with van der Waals surface area (Å²) in [5.41, 5.74) is -0.0116. The average molecular weight is 325 g/mol. The molecular formula is C16H23NO6. The first-order valence-electron chi connectivity index (χ1n) is 7.15. The molecule has 7 heteroatoms. The molecule has 1 unspecified atom stereocenters. The van der Waals surface area contributed by atoms with Crippen LogP contribution in [0, 0.1) is 0 Å². The molecule has 0 aromatic heterocycles. The third-order valence-electron chi connectivity index (χ3n) is 2.78. The van der Waals surface area contributed by atoms with Gasteiger partial charge < -0.3 is 24.6 Å². The number of likely N-dealkylation sites (N-methyl/N-ethyl adjacent to an activating group) is 1. The van der Waals surface area contributed by atoms with Crippen LogP contribution in [0.2, 0.25) is 0 Å². The average Bonchev–Trinajstić information content (AvgIpc) is 2.43. The number of amides is 1. The minimum atomic E-state index is -1.06. The fourth-order valence-corrected chi connectivity index (χ4v) is 1.71. The van der Waals surface area contributed by atoms with Gasteiger partial charge in [0.2, 0.25) is 0 Å². The molecule has 23 heavy (non-hydrogen) atoms. The molecule has 0 radical (unpaired) electrons. The molecule has 1 amide bonds. The summed E-state index contributed by atoms with van der Waals surface area (Å²) in [5.74, 6) is -0.669. The van der Waals surface area contributed by atoms with Gasteiger partial charge in [-0.05, 0) is 38.5 Å². The van der Waals surface area contributed by atoms with Gasteiger partial charge >= 0.3 is 12.1 Å². The number of hydrogen-bond acceptors (Lipinski definition) is 5. The lowest BCUT2D eigenvalue weighted by Gasteiger charge is -2.26. The highest BCUT2D eigenvalue weighted by molar-refractivity contribution is 5.68. The summed E-state index contributed by atoms with van der Waals surface area (Å²) in [6, 6.07) is 6.36. The minimum Gasteiger partial charge on any atom is -0.482 e. The summed E-state index contributed by atoms with van der Waals surface area (Å²) < 4.78 is 10.2. The van der Waals surface area contributed by atoms with Crippen molar-refractivity contribution in [3.05, 3.63) is 29.8 Å². The van der Waals surface area contributed by atoms with Gasteiger partial charge in [-0.15, -0.1) is 0 Å². The smallest absolute Gasteiger partial charge is 0.410 e. The van der Waals surface area contributed by atoms with Crippen molar-refractivity contribution in [1.82, 2.24) is 4.90 Å². The summed E-state index contributed by atoms with van der Waals surface area (Å²) >= 11 is 0. The molecule has 7 nitrogen and oxygen atoms in total. The van der Waals surface area contributed by atoms with Crippen LogP contribution in [0.3, 0.4) is 0 Å². The van der Waals surface area contributed by atoms with Gasteiger partial charge in [-0.1, -0.05) is 12.1 Å². The first-order chi connectivity index (χ1) is 10.6. The second-order valence-corrected chi connectivity index (χ2v) is 6.13. The quantitative estimate of drug-likeness (QED) is 0.831. The molecule has 2 N–H and O–H groups in total. The van der Waals surface area contributed by atoms with Crippen LogP contribution in [0.25, 0.3) is 0 Å². The molecular weight excluding hydrogens is 302 g/mol. The molecule has 0 aliphatic carbocycles. The number of carbonyl (C=O) groups is 2. The molecule has 0 fully saturated rings. The molecule has 0 aliphatic heterocycles. The molecule has 0 spiro atoms. The molecule has 1 aromatic rings. The Bertz CT molecular complexity index is 534. The summed E-state index contributed by atoms with van der Waals surface area (Å²) in [6.45, 7) is 4.95. The molecule has 128 valence electrons. The lowest BCUT2D eigenvalue weighted by Crippen LogP contribution is -2.36. The molecule has 0 aliphatic rings. The number of carboxylic acids is 1. The van der Waals surface area contributed by atoms with E-state index in [2.05, 4.69) is 0 Å². The number of carbonyl (C=O) groups excluding carboxylic acids is 1. The van der Waals surface area contributed by atoms with Crippen molar-refractivity contribution in [3.63, 3.8) is 0 Å². The number of aliphatic carboxylic acids is 1. The van der Waals surface area contributed by atoms with Gasteiger partial charge in [-0.25, -0.2) is 9.59 Å². The van der Waals surface area contributed by atoms with Gasteiger partial charge in [0, 0.05) is 7.05 Å². The highest BCUT2D eigenvalue weighted by Gasteiger charge is 2.21. The molecule has 0 saturated heterocycles. The highest BCUT2D eigenvalue weighted by atomic mass is 16.6. The van der Waals surface area contributed by atoms with E-state index in [0.29, 0.717) is 11.3 Å². The van der Waals surface area contributed by atoms with Crippen molar-refractivity contribution >= 4 is 12.1 Å². The van der Waals surface area contributed by atoms with Gasteiger partial charge in [-0.3, -0.25) is 0 Å². The Labute approximate surface area is 135 Å². The van der Waals surface area contributed by atoms with Crippen molar-refractivity contribution < 1.29 is 29.3 Å². The summed E-state index contributed by atoms with van der Waals surface area (Å²) in [4.78, 5) is 23.6. The normalized spacial score (nSPS) is 12.4. The minimum absolute atomic E-state index is 0.0737. The van der Waals surface area contributed by atoms with Crippen molar-refractivity contribution in [2.45, 2.75) is 32.5 Å². The van der Waals surface area contributed by atoms with Crippen LogP contribution in [0.5, 0.6) is 5.75 Å². The summed E-state index contributed by atoms with van der Waals surface area (Å²) in [6.07, 6.45) is -1.40. The van der Waals surface area contributed by atoms with Gasteiger partial charge in [0.1, 0.15) is 11.4 Å². The maximum Gasteiger partial charge on any atom is 0.410 e. The maximum absolute atomic E-state index is 11.8. The number of nitrogens with zero attached hydrogens (tertiary/aromatic N) is 1. The number of rotatable bonds is 6. The van der Waals surface area contributed by atoms with E-state index in [1.807, 2.05) is 0 Å². The zero-order valence-corrected chi connectivity index (χ0v) is 13.8. The number of benzene rings is 1. The number of hydrogen-bond donors (Lipinski definition) is 2. The third kappa shape index (κ3) is 7.01. The Hall–Kier alpha value is -2.28. The van der Waals surface area contributed by atoms with E-state index < -0.39 is 30.4 Å². The van der Waals surface area contributed by atoms with E-state index in [1.54, 1.807) is 52.1 Å². The zero-order valence-electron chi connectivity index (χ0n) is 13.8. The Balaban J connectivity index is 2.58. The van der Waals surface area contributed by atoms with E-state index in [9.17, 15) is 14.7 Å².